The van der Waals surface area contributed by atoms with Crippen molar-refractivity contribution in [3.63, 3.8) is 0 Å². The van der Waals surface area contributed by atoms with E-state index in [9.17, 15) is 9.59 Å². The van der Waals surface area contributed by atoms with Crippen LogP contribution in [0.4, 0.5) is 9.93 Å². The van der Waals surface area contributed by atoms with Gasteiger partial charge in [0.2, 0.25) is 5.91 Å². The van der Waals surface area contributed by atoms with Crippen molar-refractivity contribution in [2.75, 3.05) is 18.9 Å². The van der Waals surface area contributed by atoms with Crippen LogP contribution in [-0.2, 0) is 11.2 Å². The van der Waals surface area contributed by atoms with Crippen molar-refractivity contribution in [1.29, 1.82) is 0 Å². The second kappa shape index (κ2) is 7.56. The summed E-state index contributed by atoms with van der Waals surface area (Å²) in [6.45, 7) is 1.91. The second-order valence-corrected chi connectivity index (χ2v) is 5.87. The summed E-state index contributed by atoms with van der Waals surface area (Å²) in [5.74, 6) is -0.254. The van der Waals surface area contributed by atoms with Crippen LogP contribution < -0.4 is 16.0 Å². The molecule has 1 aromatic carbocycles. The summed E-state index contributed by atoms with van der Waals surface area (Å²) in [5, 5.41) is 8.07. The van der Waals surface area contributed by atoms with Crippen LogP contribution in [0.3, 0.4) is 0 Å². The number of nitrogens with zero attached hydrogens (tertiary/aromatic N) is 1. The van der Waals surface area contributed by atoms with Gasteiger partial charge in [-0.25, -0.2) is 9.78 Å². The Morgan fingerprint density at radius 1 is 1.23 bits per heavy atom. The van der Waals surface area contributed by atoms with E-state index in [4.69, 9.17) is 0 Å². The number of hydrogen-bond donors (Lipinski definition) is 3. The molecular weight excluding hydrogens is 300 g/mol. The van der Waals surface area contributed by atoms with Gasteiger partial charge >= 0.3 is 6.03 Å². The molecule has 0 unspecified atom stereocenters. The Hall–Kier alpha value is -2.41. The number of amides is 3. The molecule has 0 spiro atoms. The van der Waals surface area contributed by atoms with Gasteiger partial charge in [-0.2, -0.15) is 0 Å². The molecule has 6 nitrogen and oxygen atoms in total. The van der Waals surface area contributed by atoms with Crippen LogP contribution in [0.1, 0.15) is 16.1 Å². The summed E-state index contributed by atoms with van der Waals surface area (Å²) < 4.78 is 0. The number of likely N-dealkylation sites (N-methyl/N-ethyl adjacent to an activating group) is 1. The van der Waals surface area contributed by atoms with E-state index in [0.29, 0.717) is 5.13 Å². The molecule has 0 bridgehead atoms. The minimum absolute atomic E-state index is 0.0659. The predicted molar refractivity (Wildman–Crippen MR) is 87.2 cm³/mol. The van der Waals surface area contributed by atoms with Gasteiger partial charge in [-0.05, 0) is 12.5 Å². The maximum absolute atomic E-state index is 11.7. The van der Waals surface area contributed by atoms with Gasteiger partial charge in [0.25, 0.3) is 0 Å². The highest BCUT2D eigenvalue weighted by Gasteiger charge is 2.11. The molecule has 0 fully saturated rings. The van der Waals surface area contributed by atoms with Crippen molar-refractivity contribution < 1.29 is 9.59 Å². The zero-order valence-corrected chi connectivity index (χ0v) is 13.3. The third-order valence-electron chi connectivity index (χ3n) is 3.02. The molecule has 0 saturated heterocycles. The lowest BCUT2D eigenvalue weighted by atomic mass is 10.1. The van der Waals surface area contributed by atoms with E-state index in [1.165, 1.54) is 23.9 Å². The van der Waals surface area contributed by atoms with Gasteiger partial charge in [0.1, 0.15) is 0 Å². The van der Waals surface area contributed by atoms with Crippen LogP contribution in [-0.4, -0.2) is 30.5 Å². The minimum Gasteiger partial charge on any atom is -0.358 e. The topological polar surface area (TPSA) is 83.1 Å². The summed E-state index contributed by atoms with van der Waals surface area (Å²) in [4.78, 5) is 28.2. The third-order valence-corrected chi connectivity index (χ3v) is 3.94. The van der Waals surface area contributed by atoms with Crippen LogP contribution in [0.15, 0.2) is 30.3 Å². The molecule has 0 aliphatic heterocycles. The Kier molecular flexibility index (Phi) is 5.48. The van der Waals surface area contributed by atoms with E-state index in [2.05, 4.69) is 20.9 Å². The van der Waals surface area contributed by atoms with Crippen molar-refractivity contribution in [2.45, 2.75) is 13.3 Å². The first-order chi connectivity index (χ1) is 10.6. The van der Waals surface area contributed by atoms with Gasteiger partial charge in [-0.3, -0.25) is 10.1 Å². The molecule has 3 amide bonds. The number of aryl methyl sites for hydroxylation is 1. The predicted octanol–water partition coefficient (Wildman–Crippen LogP) is 1.91. The number of hydrogen-bond acceptors (Lipinski definition) is 4. The molecule has 0 aliphatic carbocycles. The summed E-state index contributed by atoms with van der Waals surface area (Å²) in [5.41, 5.74) is 2.12. The van der Waals surface area contributed by atoms with E-state index in [1.54, 1.807) is 0 Å². The van der Waals surface area contributed by atoms with Crippen LogP contribution >= 0.6 is 11.3 Å². The fourth-order valence-corrected chi connectivity index (χ4v) is 2.65. The molecule has 2 rings (SSSR count). The van der Waals surface area contributed by atoms with Gasteiger partial charge in [0, 0.05) is 18.3 Å². The van der Waals surface area contributed by atoms with Crippen molar-refractivity contribution in [3.05, 3.63) is 46.5 Å². The molecule has 2 aromatic rings. The fraction of sp³-hybridized carbons (Fsp3) is 0.267. The highest BCUT2D eigenvalue weighted by atomic mass is 32.1. The monoisotopic (exact) mass is 318 g/mol. The summed E-state index contributed by atoms with van der Waals surface area (Å²) in [6.07, 6.45) is 0.727. The molecule has 3 N–H and O–H groups in total. The van der Waals surface area contributed by atoms with Crippen molar-refractivity contribution in [2.24, 2.45) is 0 Å². The highest BCUT2D eigenvalue weighted by molar-refractivity contribution is 7.15. The Labute approximate surface area is 133 Å². The number of aromatic nitrogens is 1. The summed E-state index contributed by atoms with van der Waals surface area (Å²) in [6, 6.07) is 9.60. The zero-order chi connectivity index (χ0) is 15.9. The average molecular weight is 318 g/mol. The second-order valence-electron chi connectivity index (χ2n) is 4.67. The average Bonchev–Trinajstić information content (AvgIpc) is 2.85. The standard InChI is InChI=1S/C15H18N4O2S/c1-10-12(8-11-6-4-3-5-7-11)18-15(22-10)19-14(21)17-9-13(20)16-2/h3-7H,8-9H2,1-2H3,(H,16,20)(H2,17,18,19,21). The van der Waals surface area contributed by atoms with Crippen molar-refractivity contribution in [3.8, 4) is 0 Å². The van der Waals surface area contributed by atoms with Gasteiger partial charge in [-0.15, -0.1) is 11.3 Å². The quantitative estimate of drug-likeness (QED) is 0.787. The Bertz CT molecular complexity index is 655. The van der Waals surface area contributed by atoms with Gasteiger partial charge in [0.05, 0.1) is 12.2 Å². The van der Waals surface area contributed by atoms with Crippen molar-refractivity contribution >= 4 is 28.4 Å². The maximum Gasteiger partial charge on any atom is 0.321 e. The van der Waals surface area contributed by atoms with E-state index in [0.717, 1.165) is 17.0 Å². The number of rotatable bonds is 5. The lowest BCUT2D eigenvalue weighted by molar-refractivity contribution is -0.119. The van der Waals surface area contributed by atoms with E-state index in [1.807, 2.05) is 37.3 Å². The molecule has 22 heavy (non-hydrogen) atoms. The largest absolute Gasteiger partial charge is 0.358 e. The Morgan fingerprint density at radius 3 is 2.64 bits per heavy atom. The Balaban J connectivity index is 1.95. The van der Waals surface area contributed by atoms with E-state index >= 15 is 0 Å². The van der Waals surface area contributed by atoms with E-state index < -0.39 is 6.03 Å². The van der Waals surface area contributed by atoms with Crippen molar-refractivity contribution in [1.82, 2.24) is 15.6 Å². The Morgan fingerprint density at radius 2 is 1.95 bits per heavy atom. The summed E-state index contributed by atoms with van der Waals surface area (Å²) >= 11 is 1.42. The lowest BCUT2D eigenvalue weighted by Crippen LogP contribution is -2.37. The third kappa shape index (κ3) is 4.56. The zero-order valence-electron chi connectivity index (χ0n) is 12.5. The number of carbonyl (C=O) groups is 2. The first kappa shape index (κ1) is 16.0. The molecule has 0 aliphatic rings. The number of nitrogens with one attached hydrogen (secondary N) is 3. The molecule has 0 saturated carbocycles. The molecule has 1 aromatic heterocycles. The summed E-state index contributed by atoms with van der Waals surface area (Å²) in [7, 11) is 1.52. The molecule has 116 valence electrons. The maximum atomic E-state index is 11.7. The van der Waals surface area contributed by atoms with Gasteiger partial charge in [-0.1, -0.05) is 30.3 Å². The normalized spacial score (nSPS) is 10.1. The first-order valence-electron chi connectivity index (χ1n) is 6.84. The molecular formula is C15H18N4O2S. The lowest BCUT2D eigenvalue weighted by Gasteiger charge is -2.03. The molecule has 0 radical (unpaired) electrons. The smallest absolute Gasteiger partial charge is 0.321 e. The number of benzene rings is 1. The first-order valence-corrected chi connectivity index (χ1v) is 7.66. The SMILES string of the molecule is CNC(=O)CNC(=O)Nc1nc(Cc2ccccc2)c(C)s1. The number of thiazole rings is 1. The van der Waals surface area contributed by atoms with Crippen LogP contribution in [0.5, 0.6) is 0 Å². The molecule has 7 heteroatoms. The number of urea groups is 1. The van der Waals surface area contributed by atoms with Gasteiger partial charge < -0.3 is 10.6 Å². The fourth-order valence-electron chi connectivity index (χ4n) is 1.82. The molecule has 1 heterocycles. The van der Waals surface area contributed by atoms with Crippen LogP contribution in [0, 0.1) is 6.92 Å². The highest BCUT2D eigenvalue weighted by Crippen LogP contribution is 2.24. The number of anilines is 1. The minimum atomic E-state index is -0.441. The molecule has 0 atom stereocenters. The van der Waals surface area contributed by atoms with E-state index in [-0.39, 0.29) is 12.5 Å². The van der Waals surface area contributed by atoms with Crippen LogP contribution in [0.2, 0.25) is 0 Å². The number of carbonyl (C=O) groups excluding carboxylic acids is 2. The van der Waals surface area contributed by atoms with Gasteiger partial charge in [0.15, 0.2) is 5.13 Å². The van der Waals surface area contributed by atoms with Crippen LogP contribution in [0.25, 0.3) is 0 Å².